The Morgan fingerprint density at radius 3 is 0.512 bits per heavy atom. The van der Waals surface area contributed by atoms with Crippen LogP contribution in [0, 0.1) is 0 Å². The van der Waals surface area contributed by atoms with Crippen molar-refractivity contribution in [3.63, 3.8) is 0 Å². The van der Waals surface area contributed by atoms with E-state index < -0.39 is 0 Å². The van der Waals surface area contributed by atoms with Gasteiger partial charge in [-0.2, -0.15) is 0 Å². The molecule has 0 aliphatic heterocycles. The number of hydrogen-bond donors (Lipinski definition) is 0. The number of allylic oxidation sites excluding steroid dienone is 6. The predicted molar refractivity (Wildman–Crippen MR) is 191 cm³/mol. The SMILES string of the molecule is CC=CCCCCCCC=CCCCCCCCCCCCCCCCCCCCCCCCCCCCC=CC. The minimum absolute atomic E-state index is 1.27. The van der Waals surface area contributed by atoms with Gasteiger partial charge in [-0.3, -0.25) is 0 Å². The van der Waals surface area contributed by atoms with Crippen molar-refractivity contribution in [2.75, 3.05) is 0 Å². The second-order valence-corrected chi connectivity index (χ2v) is 13.0. The molecule has 0 aliphatic carbocycles. The minimum Gasteiger partial charge on any atom is -0.0917 e. The van der Waals surface area contributed by atoms with Crippen molar-refractivity contribution in [3.8, 4) is 0 Å². The molecule has 0 aromatic rings. The van der Waals surface area contributed by atoms with Gasteiger partial charge in [0, 0.05) is 0 Å². The molecule has 41 heavy (non-hydrogen) atoms. The van der Waals surface area contributed by atoms with E-state index in [1.165, 1.54) is 212 Å². The monoisotopic (exact) mass is 571 g/mol. The van der Waals surface area contributed by atoms with Gasteiger partial charge in [0.25, 0.3) is 0 Å². The number of unbranched alkanes of at least 4 members (excludes halogenated alkanes) is 31. The molecule has 0 radical (unpaired) electrons. The van der Waals surface area contributed by atoms with E-state index in [1.54, 1.807) is 0 Å². The summed E-state index contributed by atoms with van der Waals surface area (Å²) in [6.07, 6.45) is 61.3. The van der Waals surface area contributed by atoms with E-state index in [0.717, 1.165) is 0 Å². The molecule has 242 valence electrons. The van der Waals surface area contributed by atoms with Gasteiger partial charge in [-0.05, 0) is 65.2 Å². The Labute approximate surface area is 261 Å². The zero-order valence-corrected chi connectivity index (χ0v) is 28.8. The molecule has 0 saturated heterocycles. The van der Waals surface area contributed by atoms with Crippen molar-refractivity contribution >= 4 is 0 Å². The van der Waals surface area contributed by atoms with Gasteiger partial charge in [0.05, 0.1) is 0 Å². The molecule has 0 saturated carbocycles. The molecule has 0 heteroatoms. The van der Waals surface area contributed by atoms with Crippen LogP contribution >= 0.6 is 0 Å². The van der Waals surface area contributed by atoms with Gasteiger partial charge in [-0.1, -0.05) is 197 Å². The summed E-state index contributed by atoms with van der Waals surface area (Å²) >= 11 is 0. The highest BCUT2D eigenvalue weighted by Gasteiger charge is 1.96. The smallest absolute Gasteiger partial charge is 0.0351 e. The highest BCUT2D eigenvalue weighted by molar-refractivity contribution is 4.81. The molecule has 0 nitrogen and oxygen atoms in total. The third-order valence-corrected chi connectivity index (χ3v) is 8.87. The van der Waals surface area contributed by atoms with Gasteiger partial charge in [0.1, 0.15) is 0 Å². The fraction of sp³-hybridized carbons (Fsp3) is 0.854. The van der Waals surface area contributed by atoms with E-state index >= 15 is 0 Å². The van der Waals surface area contributed by atoms with E-state index in [1.807, 2.05) is 0 Å². The second kappa shape index (κ2) is 39.2. The summed E-state index contributed by atoms with van der Waals surface area (Å²) in [4.78, 5) is 0. The highest BCUT2D eigenvalue weighted by atomic mass is 14.0. The Balaban J connectivity index is 3.07. The molecule has 0 unspecified atom stereocenters. The minimum atomic E-state index is 1.27. The van der Waals surface area contributed by atoms with E-state index in [4.69, 9.17) is 0 Å². The first-order chi connectivity index (χ1) is 20.4. The topological polar surface area (TPSA) is 0 Å². The molecular formula is C41H78. The molecule has 0 bridgehead atoms. The molecule has 0 aliphatic rings. The van der Waals surface area contributed by atoms with Gasteiger partial charge in [0.15, 0.2) is 0 Å². The van der Waals surface area contributed by atoms with Crippen molar-refractivity contribution in [1.29, 1.82) is 0 Å². The lowest BCUT2D eigenvalue weighted by molar-refractivity contribution is 0.516. The van der Waals surface area contributed by atoms with Gasteiger partial charge in [0.2, 0.25) is 0 Å². The van der Waals surface area contributed by atoms with Crippen LogP contribution in [0.15, 0.2) is 36.5 Å². The normalized spacial score (nSPS) is 12.1. The first-order valence-corrected chi connectivity index (χ1v) is 19.3. The third-order valence-electron chi connectivity index (χ3n) is 8.87. The largest absolute Gasteiger partial charge is 0.0917 e. The van der Waals surface area contributed by atoms with Crippen molar-refractivity contribution < 1.29 is 0 Å². The fourth-order valence-corrected chi connectivity index (χ4v) is 6.04. The van der Waals surface area contributed by atoms with Crippen molar-refractivity contribution in [1.82, 2.24) is 0 Å². The quantitative estimate of drug-likeness (QED) is 0.0525. The van der Waals surface area contributed by atoms with Crippen LogP contribution < -0.4 is 0 Å². The maximum absolute atomic E-state index is 2.44. The maximum Gasteiger partial charge on any atom is -0.0351 e. The zero-order valence-electron chi connectivity index (χ0n) is 28.8. The highest BCUT2D eigenvalue weighted by Crippen LogP contribution is 2.16. The number of rotatable bonds is 35. The Bertz CT molecular complexity index is 524. The van der Waals surface area contributed by atoms with Crippen LogP contribution in [0.1, 0.15) is 226 Å². The summed E-state index contributed by atoms with van der Waals surface area (Å²) in [7, 11) is 0. The van der Waals surface area contributed by atoms with Crippen LogP contribution in [0.2, 0.25) is 0 Å². The van der Waals surface area contributed by atoms with E-state index in [-0.39, 0.29) is 0 Å². The summed E-state index contributed by atoms with van der Waals surface area (Å²) in [5.41, 5.74) is 0. The summed E-state index contributed by atoms with van der Waals surface area (Å²) < 4.78 is 0. The summed E-state index contributed by atoms with van der Waals surface area (Å²) in [6, 6.07) is 0. The average Bonchev–Trinajstić information content (AvgIpc) is 2.98. The molecular weight excluding hydrogens is 492 g/mol. The lowest BCUT2D eigenvalue weighted by Crippen LogP contribution is -1.84. The van der Waals surface area contributed by atoms with Crippen molar-refractivity contribution in [3.05, 3.63) is 36.5 Å². The van der Waals surface area contributed by atoms with Crippen LogP contribution in [0.5, 0.6) is 0 Å². The maximum atomic E-state index is 2.44. The summed E-state index contributed by atoms with van der Waals surface area (Å²) in [6.45, 7) is 4.25. The lowest BCUT2D eigenvalue weighted by atomic mass is 10.0. The van der Waals surface area contributed by atoms with E-state index in [9.17, 15) is 0 Å². The Kier molecular flexibility index (Phi) is 38.5. The molecule has 0 aromatic heterocycles. The fourth-order valence-electron chi connectivity index (χ4n) is 6.04. The lowest BCUT2D eigenvalue weighted by Gasteiger charge is -2.04. The van der Waals surface area contributed by atoms with E-state index in [0.29, 0.717) is 0 Å². The van der Waals surface area contributed by atoms with Crippen LogP contribution in [0.4, 0.5) is 0 Å². The Morgan fingerprint density at radius 2 is 0.341 bits per heavy atom. The predicted octanol–water partition coefficient (Wildman–Crippen LogP) is 15.6. The summed E-state index contributed by atoms with van der Waals surface area (Å²) in [5.74, 6) is 0. The van der Waals surface area contributed by atoms with Crippen molar-refractivity contribution in [2.24, 2.45) is 0 Å². The van der Waals surface area contributed by atoms with Gasteiger partial charge < -0.3 is 0 Å². The molecule has 0 heterocycles. The standard InChI is InChI=1S/C41H78/c1-3-5-7-9-11-13-15-17-19-21-23-25-27-29-31-33-35-37-39-41-40-38-36-34-32-30-28-26-24-22-20-18-16-14-12-10-8-6-4-2/h3-6,19,21H,7-18,20,22-41H2,1-2H3. The summed E-state index contributed by atoms with van der Waals surface area (Å²) in [5, 5.41) is 0. The third kappa shape index (κ3) is 39.2. The van der Waals surface area contributed by atoms with Crippen LogP contribution in [0.25, 0.3) is 0 Å². The van der Waals surface area contributed by atoms with Gasteiger partial charge >= 0.3 is 0 Å². The molecule has 0 spiro atoms. The van der Waals surface area contributed by atoms with Crippen molar-refractivity contribution in [2.45, 2.75) is 226 Å². The molecule has 0 atom stereocenters. The Hall–Kier alpha value is -0.780. The van der Waals surface area contributed by atoms with Gasteiger partial charge in [-0.25, -0.2) is 0 Å². The first kappa shape index (κ1) is 40.2. The molecule has 0 rings (SSSR count). The molecule has 0 amide bonds. The number of hydrogen-bond acceptors (Lipinski definition) is 0. The second-order valence-electron chi connectivity index (χ2n) is 13.0. The van der Waals surface area contributed by atoms with Gasteiger partial charge in [-0.15, -0.1) is 0 Å². The van der Waals surface area contributed by atoms with Crippen LogP contribution in [-0.4, -0.2) is 0 Å². The molecule has 0 N–H and O–H groups in total. The average molecular weight is 571 g/mol. The van der Waals surface area contributed by atoms with Crippen LogP contribution in [-0.2, 0) is 0 Å². The zero-order chi connectivity index (χ0) is 29.6. The molecule has 0 fully saturated rings. The Morgan fingerprint density at radius 1 is 0.195 bits per heavy atom. The van der Waals surface area contributed by atoms with Crippen LogP contribution in [0.3, 0.4) is 0 Å². The molecule has 0 aromatic carbocycles. The first-order valence-electron chi connectivity index (χ1n) is 19.3. The van der Waals surface area contributed by atoms with E-state index in [2.05, 4.69) is 50.3 Å².